The molecule has 23 heavy (non-hydrogen) atoms. The Labute approximate surface area is 135 Å². The van der Waals surface area contributed by atoms with Crippen LogP contribution in [-0.2, 0) is 0 Å². The molecule has 112 valence electrons. The Balaban J connectivity index is 2.09. The first-order valence-electron chi connectivity index (χ1n) is 6.68. The molecule has 1 aromatic carbocycles. The van der Waals surface area contributed by atoms with Gasteiger partial charge in [0.05, 0.1) is 17.1 Å². The third kappa shape index (κ3) is 2.85. The Morgan fingerprint density at radius 1 is 1.26 bits per heavy atom. The molecule has 0 radical (unpaired) electrons. The molecule has 0 aliphatic rings. The molecule has 1 atom stereocenters. The first-order valence-corrected chi connectivity index (χ1v) is 7.06. The lowest BCUT2D eigenvalue weighted by Crippen LogP contribution is -2.15. The topological polar surface area (TPSA) is 84.0 Å². The van der Waals surface area contributed by atoms with E-state index in [9.17, 15) is 14.9 Å². The third-order valence-electron chi connectivity index (χ3n) is 3.31. The fourth-order valence-electron chi connectivity index (χ4n) is 2.20. The zero-order chi connectivity index (χ0) is 16.4. The van der Waals surface area contributed by atoms with E-state index in [0.29, 0.717) is 10.7 Å². The molecule has 6 heteroatoms. The Morgan fingerprint density at radius 2 is 2.09 bits per heavy atom. The molecule has 0 bridgehead atoms. The van der Waals surface area contributed by atoms with E-state index in [-0.39, 0.29) is 16.7 Å². The van der Waals surface area contributed by atoms with Crippen molar-refractivity contribution in [3.8, 4) is 6.07 Å². The van der Waals surface area contributed by atoms with E-state index in [1.54, 1.807) is 24.3 Å². The number of carbonyl (C=O) groups excluding carboxylic acids is 1. The number of fused-ring (bicyclic) bond motifs is 1. The lowest BCUT2D eigenvalue weighted by atomic mass is 9.99. The molecule has 2 aromatic heterocycles. The van der Waals surface area contributed by atoms with Gasteiger partial charge in [0.1, 0.15) is 5.58 Å². The average molecular weight is 325 g/mol. The minimum atomic E-state index is -1.14. The van der Waals surface area contributed by atoms with Crippen LogP contribution in [0, 0.1) is 11.3 Å². The van der Waals surface area contributed by atoms with Crippen LogP contribution in [0.4, 0.5) is 0 Å². The van der Waals surface area contributed by atoms with Gasteiger partial charge >= 0.3 is 0 Å². The monoisotopic (exact) mass is 324 g/mol. The summed E-state index contributed by atoms with van der Waals surface area (Å²) in [5, 5.41) is 9.96. The zero-order valence-corrected chi connectivity index (χ0v) is 12.4. The lowest BCUT2D eigenvalue weighted by molar-refractivity contribution is 0.0951. The molecule has 0 unspecified atom stereocenters. The number of rotatable bonds is 3. The molecule has 0 amide bonds. The normalized spacial score (nSPS) is 11.8. The summed E-state index contributed by atoms with van der Waals surface area (Å²) in [7, 11) is 0. The van der Waals surface area contributed by atoms with Gasteiger partial charge in [-0.3, -0.25) is 14.6 Å². The van der Waals surface area contributed by atoms with Crippen molar-refractivity contribution in [2.75, 3.05) is 0 Å². The number of pyridine rings is 1. The second-order valence-corrected chi connectivity index (χ2v) is 5.23. The van der Waals surface area contributed by atoms with E-state index in [2.05, 4.69) is 4.98 Å². The van der Waals surface area contributed by atoms with Crippen LogP contribution in [0.3, 0.4) is 0 Å². The number of hydrogen-bond donors (Lipinski definition) is 0. The van der Waals surface area contributed by atoms with Crippen LogP contribution in [0.2, 0.25) is 5.02 Å². The summed E-state index contributed by atoms with van der Waals surface area (Å²) in [6.07, 6.45) is 1.49. The Morgan fingerprint density at radius 3 is 2.78 bits per heavy atom. The van der Waals surface area contributed by atoms with E-state index in [1.807, 2.05) is 6.07 Å². The Kier molecular flexibility index (Phi) is 3.92. The number of benzene rings is 1. The van der Waals surface area contributed by atoms with Gasteiger partial charge in [0.2, 0.25) is 5.78 Å². The van der Waals surface area contributed by atoms with Crippen molar-refractivity contribution in [3.05, 3.63) is 75.4 Å². The number of carbonyl (C=O) groups is 1. The number of ketones is 1. The predicted molar refractivity (Wildman–Crippen MR) is 84.4 cm³/mol. The van der Waals surface area contributed by atoms with Crippen molar-refractivity contribution in [2.45, 2.75) is 5.92 Å². The number of hydrogen-bond acceptors (Lipinski definition) is 5. The Hall–Kier alpha value is -2.97. The molecule has 0 aliphatic carbocycles. The molecule has 0 aliphatic heterocycles. The zero-order valence-electron chi connectivity index (χ0n) is 11.7. The van der Waals surface area contributed by atoms with Gasteiger partial charge in [0.15, 0.2) is 17.1 Å². The molecule has 0 N–H and O–H groups in total. The molecule has 3 rings (SSSR count). The second-order valence-electron chi connectivity index (χ2n) is 4.80. The van der Waals surface area contributed by atoms with Crippen LogP contribution < -0.4 is 5.43 Å². The highest BCUT2D eigenvalue weighted by Gasteiger charge is 2.25. The van der Waals surface area contributed by atoms with Crippen LogP contribution in [0.25, 0.3) is 11.0 Å². The summed E-state index contributed by atoms with van der Waals surface area (Å²) in [6, 6.07) is 12.5. The highest BCUT2D eigenvalue weighted by molar-refractivity contribution is 6.31. The number of nitriles is 1. The highest BCUT2D eigenvalue weighted by Crippen LogP contribution is 2.22. The molecule has 3 aromatic rings. The molecule has 0 spiro atoms. The fourth-order valence-corrected chi connectivity index (χ4v) is 2.37. The van der Waals surface area contributed by atoms with E-state index < -0.39 is 17.1 Å². The second kappa shape index (κ2) is 6.03. The van der Waals surface area contributed by atoms with Gasteiger partial charge in [-0.2, -0.15) is 5.26 Å². The van der Waals surface area contributed by atoms with Crippen LogP contribution in [0.1, 0.15) is 22.2 Å². The van der Waals surface area contributed by atoms with Gasteiger partial charge in [-0.15, -0.1) is 0 Å². The number of Topliss-reactive ketones (excluding diaryl/α,β-unsaturated/α-hetero) is 1. The van der Waals surface area contributed by atoms with Crippen LogP contribution in [0.5, 0.6) is 0 Å². The quantitative estimate of drug-likeness (QED) is 0.690. The van der Waals surface area contributed by atoms with Gasteiger partial charge < -0.3 is 4.42 Å². The summed E-state index contributed by atoms with van der Waals surface area (Å²) in [5.41, 5.74) is 0.150. The van der Waals surface area contributed by atoms with E-state index in [0.717, 1.165) is 6.07 Å². The van der Waals surface area contributed by atoms with Crippen LogP contribution in [0.15, 0.2) is 57.9 Å². The maximum absolute atomic E-state index is 12.5. The average Bonchev–Trinajstić information content (AvgIpc) is 2.57. The lowest BCUT2D eigenvalue weighted by Gasteiger charge is -2.07. The maximum Gasteiger partial charge on any atom is 0.221 e. The molecule has 0 fully saturated rings. The van der Waals surface area contributed by atoms with Gasteiger partial charge in [-0.25, -0.2) is 0 Å². The summed E-state index contributed by atoms with van der Waals surface area (Å²) in [5.74, 6) is -1.92. The van der Waals surface area contributed by atoms with E-state index in [4.69, 9.17) is 16.0 Å². The largest absolute Gasteiger partial charge is 0.453 e. The smallest absolute Gasteiger partial charge is 0.221 e. The first-order chi connectivity index (χ1) is 11.1. The van der Waals surface area contributed by atoms with Crippen LogP contribution in [-0.4, -0.2) is 10.8 Å². The van der Waals surface area contributed by atoms with Gasteiger partial charge in [0.25, 0.3) is 0 Å². The van der Waals surface area contributed by atoms with Crippen molar-refractivity contribution in [1.82, 2.24) is 4.98 Å². The number of aromatic nitrogens is 1. The fraction of sp³-hybridized carbons (Fsp3) is 0.0588. The molecule has 0 saturated heterocycles. The summed E-state index contributed by atoms with van der Waals surface area (Å²) in [4.78, 5) is 28.7. The SMILES string of the molecule is N#C[C@@H](C(=O)c1cc(=O)c2cc(Cl)ccc2o1)c1ccccn1. The summed E-state index contributed by atoms with van der Waals surface area (Å²) in [6.45, 7) is 0. The van der Waals surface area contributed by atoms with Crippen molar-refractivity contribution < 1.29 is 9.21 Å². The first kappa shape index (κ1) is 14.9. The van der Waals surface area contributed by atoms with Gasteiger partial charge in [0, 0.05) is 17.3 Å². The van der Waals surface area contributed by atoms with Crippen molar-refractivity contribution in [2.24, 2.45) is 0 Å². The van der Waals surface area contributed by atoms with Crippen molar-refractivity contribution >= 4 is 28.4 Å². The van der Waals surface area contributed by atoms with Crippen molar-refractivity contribution in [3.63, 3.8) is 0 Å². The van der Waals surface area contributed by atoms with E-state index >= 15 is 0 Å². The minimum Gasteiger partial charge on any atom is -0.453 e. The molecular formula is C17H9ClN2O3. The maximum atomic E-state index is 12.5. The number of nitrogens with zero attached hydrogens (tertiary/aromatic N) is 2. The van der Waals surface area contributed by atoms with Gasteiger partial charge in [-0.05, 0) is 30.3 Å². The molecule has 2 heterocycles. The number of halogens is 1. The summed E-state index contributed by atoms with van der Waals surface area (Å²) >= 11 is 5.85. The molecule has 0 saturated carbocycles. The summed E-state index contributed by atoms with van der Waals surface area (Å²) < 4.78 is 5.48. The van der Waals surface area contributed by atoms with Crippen molar-refractivity contribution in [1.29, 1.82) is 5.26 Å². The standard InChI is InChI=1S/C17H9ClN2O3/c18-10-4-5-15-11(7-10)14(21)8-16(23-15)17(22)12(9-19)13-3-1-2-6-20-13/h1-8,12H/t12-/m1/s1. The third-order valence-corrected chi connectivity index (χ3v) is 3.54. The van der Waals surface area contributed by atoms with Gasteiger partial charge in [-0.1, -0.05) is 17.7 Å². The molecule has 5 nitrogen and oxygen atoms in total. The Bertz CT molecular complexity index is 990. The highest BCUT2D eigenvalue weighted by atomic mass is 35.5. The minimum absolute atomic E-state index is 0.179. The predicted octanol–water partition coefficient (Wildman–Crippen LogP) is 3.33. The molecular weight excluding hydrogens is 316 g/mol. The van der Waals surface area contributed by atoms with Crippen LogP contribution >= 0.6 is 11.6 Å². The van der Waals surface area contributed by atoms with E-state index in [1.165, 1.54) is 18.3 Å².